The molecule has 1 aromatic carbocycles. The van der Waals surface area contributed by atoms with E-state index in [2.05, 4.69) is 21.9 Å². The minimum absolute atomic E-state index is 0.0172. The fraction of sp³-hybridized carbons (Fsp3) is 0.600. The topological polar surface area (TPSA) is 104 Å². The summed E-state index contributed by atoms with van der Waals surface area (Å²) >= 11 is 1.74. The number of benzene rings is 1. The molecule has 3 heterocycles. The lowest BCUT2D eigenvalue weighted by molar-refractivity contribution is -0.134. The summed E-state index contributed by atoms with van der Waals surface area (Å²) in [5, 5.41) is 18.5. The number of hydrogen-bond donors (Lipinski definition) is 0. The van der Waals surface area contributed by atoms with Gasteiger partial charge in [0.05, 0.1) is 17.0 Å². The molecule has 186 valence electrons. The molecular weight excluding hydrogens is 464 g/mol. The van der Waals surface area contributed by atoms with Crippen molar-refractivity contribution in [2.75, 3.05) is 55.8 Å². The summed E-state index contributed by atoms with van der Waals surface area (Å²) in [7, 11) is 0. The molecule has 0 aromatic heterocycles. The molecule has 0 unspecified atom stereocenters. The van der Waals surface area contributed by atoms with Crippen LogP contribution in [-0.4, -0.2) is 95.3 Å². The van der Waals surface area contributed by atoms with Gasteiger partial charge in [0.1, 0.15) is 23.8 Å². The van der Waals surface area contributed by atoms with Crippen LogP contribution in [0.4, 0.5) is 10.5 Å². The fourth-order valence-corrected chi connectivity index (χ4v) is 5.85. The standard InChI is InChI=1S/C25H32N6O3S/c1-25(2,3)34-24(33)31-16-21(13-22(31)23(32)30-10-11-35-17-30)29-8-6-28(7-9-29)20-5-4-18(14-26)19(12-20)15-27/h4-5,12,21-22H,6-11,13,16-17H2,1-3H3/t21-,22-/m0/s1. The van der Waals surface area contributed by atoms with Gasteiger partial charge in [-0.3, -0.25) is 14.6 Å². The van der Waals surface area contributed by atoms with Crippen molar-refractivity contribution < 1.29 is 14.3 Å². The molecule has 0 aliphatic carbocycles. The Morgan fingerprint density at radius 2 is 1.77 bits per heavy atom. The molecule has 0 saturated carbocycles. The third-order valence-corrected chi connectivity index (χ3v) is 7.66. The maximum Gasteiger partial charge on any atom is 0.411 e. The van der Waals surface area contributed by atoms with Gasteiger partial charge in [-0.05, 0) is 45.4 Å². The van der Waals surface area contributed by atoms with E-state index in [1.165, 1.54) is 0 Å². The maximum absolute atomic E-state index is 13.3. The van der Waals surface area contributed by atoms with Crippen molar-refractivity contribution in [3.63, 3.8) is 0 Å². The van der Waals surface area contributed by atoms with Gasteiger partial charge in [0, 0.05) is 56.8 Å². The van der Waals surface area contributed by atoms with E-state index in [-0.39, 0.29) is 11.9 Å². The lowest BCUT2D eigenvalue weighted by atomic mass is 10.1. The molecule has 2 atom stereocenters. The van der Waals surface area contributed by atoms with Crippen molar-refractivity contribution in [1.82, 2.24) is 14.7 Å². The van der Waals surface area contributed by atoms with Crippen LogP contribution in [0.1, 0.15) is 38.3 Å². The quantitative estimate of drug-likeness (QED) is 0.629. The highest BCUT2D eigenvalue weighted by Crippen LogP contribution is 2.29. The summed E-state index contributed by atoms with van der Waals surface area (Å²) in [5.41, 5.74) is 1.08. The first kappa shape index (κ1) is 25.2. The van der Waals surface area contributed by atoms with Crippen LogP contribution in [-0.2, 0) is 9.53 Å². The smallest absolute Gasteiger partial charge is 0.411 e. The molecule has 1 aromatic rings. The number of rotatable bonds is 3. The predicted octanol–water partition coefficient (Wildman–Crippen LogP) is 2.46. The summed E-state index contributed by atoms with van der Waals surface area (Å²) in [5.74, 6) is 1.62. The van der Waals surface area contributed by atoms with Crippen molar-refractivity contribution in [2.24, 2.45) is 0 Å². The Hall–Kier alpha value is -2.95. The Kier molecular flexibility index (Phi) is 7.44. The van der Waals surface area contributed by atoms with E-state index in [1.807, 2.05) is 31.7 Å². The van der Waals surface area contributed by atoms with E-state index in [0.717, 1.165) is 44.2 Å². The lowest BCUT2D eigenvalue weighted by Crippen LogP contribution is -2.51. The molecule has 0 radical (unpaired) electrons. The Bertz CT molecular complexity index is 1040. The van der Waals surface area contributed by atoms with Crippen LogP contribution in [0.15, 0.2) is 18.2 Å². The molecule has 0 N–H and O–H groups in total. The van der Waals surface area contributed by atoms with E-state index < -0.39 is 17.7 Å². The maximum atomic E-state index is 13.3. The highest BCUT2D eigenvalue weighted by atomic mass is 32.2. The number of likely N-dealkylation sites (tertiary alicyclic amines) is 1. The molecule has 10 heteroatoms. The molecule has 9 nitrogen and oxygen atoms in total. The largest absolute Gasteiger partial charge is 0.444 e. The normalized spacial score (nSPS) is 23.2. The number of carbonyl (C=O) groups is 2. The van der Waals surface area contributed by atoms with E-state index in [4.69, 9.17) is 4.74 Å². The minimum Gasteiger partial charge on any atom is -0.444 e. The molecule has 3 aliphatic heterocycles. The van der Waals surface area contributed by atoms with E-state index in [0.29, 0.717) is 30.0 Å². The molecule has 3 fully saturated rings. The number of anilines is 1. The number of nitriles is 2. The number of hydrogen-bond acceptors (Lipinski definition) is 8. The average molecular weight is 497 g/mol. The third kappa shape index (κ3) is 5.66. The number of carbonyl (C=O) groups excluding carboxylic acids is 2. The summed E-state index contributed by atoms with van der Waals surface area (Å²) < 4.78 is 5.65. The molecule has 3 saturated heterocycles. The summed E-state index contributed by atoms with van der Waals surface area (Å²) in [6, 6.07) is 9.11. The molecular formula is C25H32N6O3S. The van der Waals surface area contributed by atoms with Crippen molar-refractivity contribution in [2.45, 2.75) is 44.9 Å². The molecule has 0 bridgehead atoms. The highest BCUT2D eigenvalue weighted by molar-refractivity contribution is 7.99. The number of ether oxygens (including phenoxy) is 1. The zero-order valence-corrected chi connectivity index (χ0v) is 21.4. The summed E-state index contributed by atoms with van der Waals surface area (Å²) in [6.07, 6.45) is 0.180. The Morgan fingerprint density at radius 1 is 1.06 bits per heavy atom. The molecule has 0 spiro atoms. The number of nitrogens with zero attached hydrogens (tertiary/aromatic N) is 6. The van der Waals surface area contributed by atoms with Crippen LogP contribution in [0.25, 0.3) is 0 Å². The number of piperazine rings is 1. The third-order valence-electron chi connectivity index (χ3n) is 6.70. The van der Waals surface area contributed by atoms with Crippen LogP contribution < -0.4 is 4.90 Å². The van der Waals surface area contributed by atoms with Gasteiger partial charge in [-0.2, -0.15) is 10.5 Å². The van der Waals surface area contributed by atoms with Crippen LogP contribution in [0, 0.1) is 22.7 Å². The van der Waals surface area contributed by atoms with Gasteiger partial charge in [0.25, 0.3) is 0 Å². The van der Waals surface area contributed by atoms with Crippen molar-refractivity contribution >= 4 is 29.4 Å². The second kappa shape index (κ2) is 10.3. The van der Waals surface area contributed by atoms with Crippen LogP contribution in [0.5, 0.6) is 0 Å². The van der Waals surface area contributed by atoms with Crippen LogP contribution >= 0.6 is 11.8 Å². The predicted molar refractivity (Wildman–Crippen MR) is 134 cm³/mol. The number of thioether (sulfide) groups is 1. The van der Waals surface area contributed by atoms with Crippen molar-refractivity contribution in [3.8, 4) is 12.1 Å². The summed E-state index contributed by atoms with van der Waals surface area (Å²) in [6.45, 7) is 9.82. The second-order valence-electron chi connectivity index (χ2n) is 10.2. The molecule has 4 rings (SSSR count). The monoisotopic (exact) mass is 496 g/mol. The first-order chi connectivity index (χ1) is 16.7. The van der Waals surface area contributed by atoms with Crippen LogP contribution in [0.3, 0.4) is 0 Å². The zero-order valence-electron chi connectivity index (χ0n) is 20.6. The Balaban J connectivity index is 1.43. The Morgan fingerprint density at radius 3 is 2.37 bits per heavy atom. The first-order valence-electron chi connectivity index (χ1n) is 12.0. The second-order valence-corrected chi connectivity index (χ2v) is 11.2. The Labute approximate surface area is 211 Å². The van der Waals surface area contributed by atoms with Gasteiger partial charge in [0.15, 0.2) is 0 Å². The van der Waals surface area contributed by atoms with Gasteiger partial charge >= 0.3 is 6.09 Å². The zero-order chi connectivity index (χ0) is 25.2. The van der Waals surface area contributed by atoms with Gasteiger partial charge in [-0.15, -0.1) is 11.8 Å². The molecule has 2 amide bonds. The average Bonchev–Trinajstić information content (AvgIpc) is 3.53. The van der Waals surface area contributed by atoms with E-state index in [1.54, 1.807) is 28.8 Å². The van der Waals surface area contributed by atoms with Gasteiger partial charge in [-0.25, -0.2) is 4.79 Å². The lowest BCUT2D eigenvalue weighted by Gasteiger charge is -2.39. The van der Waals surface area contributed by atoms with Gasteiger partial charge in [-0.1, -0.05) is 0 Å². The first-order valence-corrected chi connectivity index (χ1v) is 13.1. The van der Waals surface area contributed by atoms with E-state index in [9.17, 15) is 20.1 Å². The van der Waals surface area contributed by atoms with Gasteiger partial charge in [0.2, 0.25) is 5.91 Å². The van der Waals surface area contributed by atoms with Crippen LogP contribution in [0.2, 0.25) is 0 Å². The van der Waals surface area contributed by atoms with E-state index >= 15 is 0 Å². The highest BCUT2D eigenvalue weighted by Gasteiger charge is 2.45. The number of amides is 2. The SMILES string of the molecule is CC(C)(C)OC(=O)N1C[C@@H](N2CCN(c3ccc(C#N)c(C#N)c3)CC2)C[C@H]1C(=O)N1CCSC1. The fourth-order valence-electron chi connectivity index (χ4n) is 4.90. The van der Waals surface area contributed by atoms with Gasteiger partial charge < -0.3 is 14.5 Å². The van der Waals surface area contributed by atoms with Crippen molar-refractivity contribution in [1.29, 1.82) is 10.5 Å². The molecule has 3 aliphatic rings. The van der Waals surface area contributed by atoms with Crippen molar-refractivity contribution in [3.05, 3.63) is 29.3 Å². The minimum atomic E-state index is -0.624. The molecule has 35 heavy (non-hydrogen) atoms. The summed E-state index contributed by atoms with van der Waals surface area (Å²) in [4.78, 5) is 34.4.